The molecule has 0 fully saturated rings. The summed E-state index contributed by atoms with van der Waals surface area (Å²) in [6.45, 7) is 0. The maximum absolute atomic E-state index is 9.60. The molecule has 10 rings (SSSR count). The number of nitrogens with zero attached hydrogens (tertiary/aromatic N) is 3. The van der Waals surface area contributed by atoms with Gasteiger partial charge in [-0.15, -0.1) is 0 Å². The molecule has 0 bridgehead atoms. The second-order valence-corrected chi connectivity index (χ2v) is 13.1. The smallest absolute Gasteiger partial charge is 0.135 e. The van der Waals surface area contributed by atoms with Crippen molar-refractivity contribution in [2.45, 2.75) is 5.41 Å². The number of furan rings is 1. The average molecular weight is 650 g/mol. The van der Waals surface area contributed by atoms with Gasteiger partial charge in [-0.25, -0.2) is 0 Å². The number of hydrogen-bond donors (Lipinski definition) is 0. The van der Waals surface area contributed by atoms with Crippen LogP contribution >= 0.6 is 0 Å². The van der Waals surface area contributed by atoms with Gasteiger partial charge in [-0.05, 0) is 123 Å². The van der Waals surface area contributed by atoms with Gasteiger partial charge in [0, 0.05) is 27.8 Å². The molecule has 0 spiro atoms. The van der Waals surface area contributed by atoms with E-state index in [-0.39, 0.29) is 0 Å². The first-order chi connectivity index (χ1) is 25.2. The molecule has 1 unspecified atom stereocenters. The lowest BCUT2D eigenvalue weighted by atomic mass is 9.67. The van der Waals surface area contributed by atoms with Crippen molar-refractivity contribution in [2.24, 2.45) is 0 Å². The Kier molecular flexibility index (Phi) is 6.18. The second-order valence-electron chi connectivity index (χ2n) is 13.1. The molecule has 1 aromatic heterocycles. The van der Waals surface area contributed by atoms with Crippen molar-refractivity contribution in [2.75, 3.05) is 4.90 Å². The fourth-order valence-corrected chi connectivity index (χ4v) is 8.36. The number of benzene rings is 8. The van der Waals surface area contributed by atoms with Gasteiger partial charge in [0.2, 0.25) is 0 Å². The Balaban J connectivity index is 1.32. The summed E-state index contributed by atoms with van der Waals surface area (Å²) in [6, 6.07) is 61.4. The second kappa shape index (κ2) is 10.9. The van der Waals surface area contributed by atoms with E-state index in [1.807, 2.05) is 60.7 Å². The van der Waals surface area contributed by atoms with Crippen LogP contribution in [0.15, 0.2) is 168 Å². The fraction of sp³-hybridized carbons (Fsp3) is 0.0213. The molecule has 0 saturated carbocycles. The molecular weight excluding hydrogens is 623 g/mol. The lowest BCUT2D eigenvalue weighted by molar-refractivity contribution is 0.668. The van der Waals surface area contributed by atoms with Crippen LogP contribution in [0.4, 0.5) is 17.1 Å². The zero-order chi connectivity index (χ0) is 34.1. The lowest BCUT2D eigenvalue weighted by Crippen LogP contribution is -2.29. The molecule has 0 saturated heterocycles. The lowest BCUT2D eigenvalue weighted by Gasteiger charge is -2.35. The highest BCUT2D eigenvalue weighted by Gasteiger charge is 2.45. The number of fused-ring (bicyclic) bond motifs is 3. The normalized spacial score (nSPS) is 14.7. The predicted octanol–water partition coefficient (Wildman–Crippen LogP) is 11.8. The molecule has 4 nitrogen and oxygen atoms in total. The summed E-state index contributed by atoms with van der Waals surface area (Å²) < 4.78 is 6.32. The molecule has 0 N–H and O–H groups in total. The molecule has 9 aromatic rings. The molecule has 236 valence electrons. The highest BCUT2D eigenvalue weighted by Crippen LogP contribution is 2.57. The Morgan fingerprint density at radius 3 is 1.82 bits per heavy atom. The van der Waals surface area contributed by atoms with Crippen LogP contribution in [0.3, 0.4) is 0 Å². The largest absolute Gasteiger partial charge is 0.456 e. The third-order valence-electron chi connectivity index (χ3n) is 10.5. The summed E-state index contributed by atoms with van der Waals surface area (Å²) in [5.41, 5.74) is 9.90. The number of hydrogen-bond acceptors (Lipinski definition) is 4. The van der Waals surface area contributed by atoms with E-state index in [4.69, 9.17) is 4.42 Å². The van der Waals surface area contributed by atoms with E-state index in [9.17, 15) is 10.5 Å². The molecule has 0 radical (unpaired) electrons. The van der Waals surface area contributed by atoms with Crippen molar-refractivity contribution in [3.63, 3.8) is 0 Å². The van der Waals surface area contributed by atoms with Gasteiger partial charge in [0.25, 0.3) is 0 Å². The Morgan fingerprint density at radius 2 is 1.10 bits per heavy atom. The maximum Gasteiger partial charge on any atom is 0.135 e. The van der Waals surface area contributed by atoms with Crippen molar-refractivity contribution in [1.29, 1.82) is 10.5 Å². The Hall–Kier alpha value is -7.14. The summed E-state index contributed by atoms with van der Waals surface area (Å²) in [6.07, 6.45) is 0. The fourth-order valence-electron chi connectivity index (χ4n) is 8.36. The first kappa shape index (κ1) is 28.8. The van der Waals surface area contributed by atoms with E-state index in [2.05, 4.69) is 120 Å². The Bertz CT molecular complexity index is 2870. The van der Waals surface area contributed by atoms with Gasteiger partial charge in [-0.1, -0.05) is 84.9 Å². The highest BCUT2D eigenvalue weighted by molar-refractivity contribution is 6.17. The van der Waals surface area contributed by atoms with Gasteiger partial charge in [0.05, 0.1) is 28.7 Å². The maximum atomic E-state index is 9.60. The minimum atomic E-state index is -0.647. The van der Waals surface area contributed by atoms with E-state index in [0.29, 0.717) is 11.1 Å². The molecule has 8 aromatic carbocycles. The molecule has 1 aliphatic rings. The third kappa shape index (κ3) is 4.12. The first-order valence-electron chi connectivity index (χ1n) is 17.0. The SMILES string of the molecule is N#Cc1ccc(N(c2ccc(C#N)cc2)c2cc3c4c(ccc5cccc(c54)C3(c3ccccc3)c3ccc4oc5ccccc5c4c3)c2)cc1. The van der Waals surface area contributed by atoms with Gasteiger partial charge < -0.3 is 9.32 Å². The predicted molar refractivity (Wildman–Crippen MR) is 205 cm³/mol. The van der Waals surface area contributed by atoms with Crippen LogP contribution in [0.5, 0.6) is 0 Å². The van der Waals surface area contributed by atoms with E-state index in [0.717, 1.165) is 50.0 Å². The van der Waals surface area contributed by atoms with Gasteiger partial charge in [0.1, 0.15) is 11.2 Å². The van der Waals surface area contributed by atoms with Gasteiger partial charge >= 0.3 is 0 Å². The summed E-state index contributed by atoms with van der Waals surface area (Å²) in [4.78, 5) is 2.22. The molecule has 1 atom stereocenters. The summed E-state index contributed by atoms with van der Waals surface area (Å²) >= 11 is 0. The Morgan fingerprint density at radius 1 is 0.451 bits per heavy atom. The highest BCUT2D eigenvalue weighted by atomic mass is 16.3. The number of para-hydroxylation sites is 1. The van der Waals surface area contributed by atoms with E-state index in [1.54, 1.807) is 0 Å². The molecule has 4 heteroatoms. The molecule has 0 aliphatic heterocycles. The van der Waals surface area contributed by atoms with Crippen molar-refractivity contribution in [3.8, 4) is 12.1 Å². The van der Waals surface area contributed by atoms with Crippen LogP contribution < -0.4 is 4.90 Å². The Labute approximate surface area is 294 Å². The molecule has 1 aliphatic carbocycles. The van der Waals surface area contributed by atoms with Crippen LogP contribution in [-0.4, -0.2) is 0 Å². The van der Waals surface area contributed by atoms with Gasteiger partial charge in [0.15, 0.2) is 0 Å². The standard InChI is InChI=1S/C47H27N3O/c48-28-30-13-20-36(21-14-30)50(37-22-15-31(29-49)16-23-37)38-25-33-18-17-32-7-6-11-41-45(32)46(33)42(27-38)47(41,34-8-2-1-3-9-34)35-19-24-44-40(26-35)39-10-4-5-12-43(39)51-44/h1-27H. The summed E-state index contributed by atoms with van der Waals surface area (Å²) in [5.74, 6) is 0. The summed E-state index contributed by atoms with van der Waals surface area (Å²) in [7, 11) is 0. The minimum Gasteiger partial charge on any atom is -0.456 e. The first-order valence-corrected chi connectivity index (χ1v) is 17.0. The zero-order valence-corrected chi connectivity index (χ0v) is 27.3. The molecule has 0 amide bonds. The van der Waals surface area contributed by atoms with Crippen LogP contribution in [0.1, 0.15) is 33.4 Å². The average Bonchev–Trinajstić information content (AvgIpc) is 3.72. The van der Waals surface area contributed by atoms with Crippen LogP contribution in [0.25, 0.3) is 43.5 Å². The van der Waals surface area contributed by atoms with Crippen molar-refractivity contribution in [3.05, 3.63) is 197 Å². The van der Waals surface area contributed by atoms with Gasteiger partial charge in [-0.2, -0.15) is 10.5 Å². The third-order valence-corrected chi connectivity index (χ3v) is 10.5. The quantitative estimate of drug-likeness (QED) is 0.174. The number of rotatable bonds is 5. The van der Waals surface area contributed by atoms with Crippen LogP contribution in [0.2, 0.25) is 0 Å². The van der Waals surface area contributed by atoms with Crippen molar-refractivity contribution < 1.29 is 4.42 Å². The number of anilines is 3. The molecular formula is C47H27N3O. The van der Waals surface area contributed by atoms with E-state index < -0.39 is 5.41 Å². The van der Waals surface area contributed by atoms with Crippen molar-refractivity contribution >= 4 is 60.5 Å². The minimum absolute atomic E-state index is 0.596. The summed E-state index contributed by atoms with van der Waals surface area (Å²) in [5, 5.41) is 26.2. The topological polar surface area (TPSA) is 64.0 Å². The number of nitriles is 2. The van der Waals surface area contributed by atoms with E-state index >= 15 is 0 Å². The van der Waals surface area contributed by atoms with Crippen molar-refractivity contribution in [1.82, 2.24) is 0 Å². The van der Waals surface area contributed by atoms with E-state index in [1.165, 1.54) is 32.8 Å². The van der Waals surface area contributed by atoms with Crippen LogP contribution in [-0.2, 0) is 5.41 Å². The monoisotopic (exact) mass is 649 g/mol. The zero-order valence-electron chi connectivity index (χ0n) is 27.3. The molecule has 51 heavy (non-hydrogen) atoms. The van der Waals surface area contributed by atoms with Gasteiger partial charge in [-0.3, -0.25) is 0 Å². The molecule has 1 heterocycles. The van der Waals surface area contributed by atoms with Crippen LogP contribution in [0, 0.1) is 22.7 Å².